The summed E-state index contributed by atoms with van der Waals surface area (Å²) in [7, 11) is 0. The summed E-state index contributed by atoms with van der Waals surface area (Å²) in [6.45, 7) is 0.427. The molecule has 3 rings (SSSR count). The fourth-order valence-electron chi connectivity index (χ4n) is 1.81. The molecule has 0 saturated carbocycles. The fourth-order valence-corrected chi connectivity index (χ4v) is 1.81. The van der Waals surface area contributed by atoms with E-state index in [9.17, 15) is 0 Å². The highest BCUT2D eigenvalue weighted by Crippen LogP contribution is 2.21. The van der Waals surface area contributed by atoms with Crippen LogP contribution in [0.2, 0.25) is 0 Å². The van der Waals surface area contributed by atoms with Crippen LogP contribution in [0.5, 0.6) is 0 Å². The van der Waals surface area contributed by atoms with E-state index in [2.05, 4.69) is 21.0 Å². The van der Waals surface area contributed by atoms with Crippen molar-refractivity contribution in [2.45, 2.75) is 6.54 Å². The number of nitrogens with zero attached hydrogens (tertiary/aromatic N) is 1. The van der Waals surface area contributed by atoms with Gasteiger partial charge in [0.25, 0.3) is 0 Å². The Hall–Kier alpha value is -1.94. The number of nitrogens with two attached hydrogens (primary N) is 1. The van der Waals surface area contributed by atoms with E-state index in [4.69, 9.17) is 5.73 Å². The van der Waals surface area contributed by atoms with Crippen LogP contribution in [-0.4, -0.2) is 9.97 Å². The van der Waals surface area contributed by atoms with E-state index in [1.165, 1.54) is 0 Å². The second kappa shape index (κ2) is 3.03. The smallest absolute Gasteiger partial charge is 0.310 e. The number of hydrogen-bond donors (Lipinski definition) is 2. The topological polar surface area (TPSA) is 68.8 Å². The van der Waals surface area contributed by atoms with Gasteiger partial charge in [-0.2, -0.15) is 0 Å². The Morgan fingerprint density at radius 2 is 2.27 bits per heavy atom. The van der Waals surface area contributed by atoms with Gasteiger partial charge in [0.1, 0.15) is 0 Å². The number of aromatic nitrogens is 3. The van der Waals surface area contributed by atoms with Gasteiger partial charge in [0.15, 0.2) is 5.52 Å². The van der Waals surface area contributed by atoms with Crippen LogP contribution >= 0.6 is 0 Å². The molecule has 0 aliphatic carbocycles. The zero-order valence-corrected chi connectivity index (χ0v) is 8.12. The van der Waals surface area contributed by atoms with Crippen molar-refractivity contribution in [1.29, 1.82) is 0 Å². The lowest BCUT2D eigenvalue weighted by Gasteiger charge is -1.94. The Labute approximate surface area is 86.1 Å². The molecule has 2 aromatic heterocycles. The van der Waals surface area contributed by atoms with Crippen molar-refractivity contribution in [3.63, 3.8) is 0 Å². The molecule has 4 heteroatoms. The van der Waals surface area contributed by atoms with E-state index in [0.29, 0.717) is 6.54 Å². The summed E-state index contributed by atoms with van der Waals surface area (Å²) in [4.78, 5) is 10.7. The number of aromatic amines is 2. The van der Waals surface area contributed by atoms with E-state index in [1.54, 1.807) is 0 Å². The van der Waals surface area contributed by atoms with Gasteiger partial charge in [-0.05, 0) is 23.2 Å². The molecule has 74 valence electrons. The van der Waals surface area contributed by atoms with Crippen LogP contribution in [0.25, 0.3) is 21.8 Å². The molecule has 4 nitrogen and oxygen atoms in total. The van der Waals surface area contributed by atoms with Crippen molar-refractivity contribution in [1.82, 2.24) is 9.97 Å². The Bertz CT molecular complexity index is 627. The van der Waals surface area contributed by atoms with E-state index >= 15 is 0 Å². The molecular formula is C11H11N4+. The normalized spacial score (nSPS) is 11.3. The number of benzene rings is 1. The van der Waals surface area contributed by atoms with Crippen LogP contribution in [0.4, 0.5) is 0 Å². The lowest BCUT2D eigenvalue weighted by molar-refractivity contribution is -0.393. The van der Waals surface area contributed by atoms with Gasteiger partial charge < -0.3 is 10.7 Å². The average Bonchev–Trinajstić information content (AvgIpc) is 2.76. The minimum Gasteiger partial charge on any atom is -0.361 e. The van der Waals surface area contributed by atoms with Crippen molar-refractivity contribution < 1.29 is 4.98 Å². The third-order valence-corrected chi connectivity index (χ3v) is 2.57. The maximum atomic E-state index is 5.56. The van der Waals surface area contributed by atoms with E-state index in [0.717, 1.165) is 27.6 Å². The second-order valence-electron chi connectivity index (χ2n) is 3.49. The predicted octanol–water partition coefficient (Wildman–Crippen LogP) is 0.989. The average molecular weight is 199 g/mol. The lowest BCUT2D eigenvalue weighted by atomic mass is 10.2. The van der Waals surface area contributed by atoms with E-state index in [1.807, 2.05) is 24.5 Å². The Balaban J connectivity index is 2.48. The molecule has 1 aromatic carbocycles. The van der Waals surface area contributed by atoms with Crippen molar-refractivity contribution in [3.8, 4) is 0 Å². The van der Waals surface area contributed by atoms with Gasteiger partial charge in [-0.1, -0.05) is 0 Å². The molecule has 0 aliphatic rings. The van der Waals surface area contributed by atoms with E-state index in [-0.39, 0.29) is 0 Å². The summed E-state index contributed by atoms with van der Waals surface area (Å²) in [5.41, 5.74) is 7.65. The first-order chi connectivity index (χ1) is 7.38. The molecule has 0 bridgehead atoms. The molecule has 4 N–H and O–H groups in total. The summed E-state index contributed by atoms with van der Waals surface area (Å²) < 4.78 is 0. The van der Waals surface area contributed by atoms with Crippen molar-refractivity contribution in [2.75, 3.05) is 0 Å². The van der Waals surface area contributed by atoms with Gasteiger partial charge in [0.2, 0.25) is 0 Å². The molecule has 0 saturated heterocycles. The van der Waals surface area contributed by atoms with Crippen molar-refractivity contribution in [2.24, 2.45) is 5.73 Å². The third kappa shape index (κ3) is 1.19. The Kier molecular flexibility index (Phi) is 1.69. The first-order valence-electron chi connectivity index (χ1n) is 4.86. The van der Waals surface area contributed by atoms with Crippen molar-refractivity contribution >= 4 is 21.8 Å². The van der Waals surface area contributed by atoms with Crippen LogP contribution in [-0.2, 0) is 6.54 Å². The molecule has 0 aliphatic heterocycles. The standard InChI is InChI=1S/C11H10N4/c12-5-10-14-6-7-1-2-9-8(3-4-13-9)11(7)15-10/h1-4,6,13H,5,12H2/p+1. The molecule has 0 radical (unpaired) electrons. The zero-order chi connectivity index (χ0) is 10.3. The summed E-state index contributed by atoms with van der Waals surface area (Å²) >= 11 is 0. The van der Waals surface area contributed by atoms with Crippen LogP contribution in [0.3, 0.4) is 0 Å². The monoisotopic (exact) mass is 199 g/mol. The fraction of sp³-hybridized carbons (Fsp3) is 0.0909. The highest BCUT2D eigenvalue weighted by Gasteiger charge is 2.10. The Morgan fingerprint density at radius 3 is 3.13 bits per heavy atom. The minimum atomic E-state index is 0.427. The highest BCUT2D eigenvalue weighted by atomic mass is 14.9. The van der Waals surface area contributed by atoms with Gasteiger partial charge in [-0.25, -0.2) is 4.98 Å². The number of rotatable bonds is 1. The molecule has 0 amide bonds. The maximum Gasteiger partial charge on any atom is 0.310 e. The maximum absolute atomic E-state index is 5.56. The molecule has 0 spiro atoms. The quantitative estimate of drug-likeness (QED) is 0.613. The van der Waals surface area contributed by atoms with Crippen molar-refractivity contribution in [3.05, 3.63) is 36.4 Å². The van der Waals surface area contributed by atoms with Gasteiger partial charge in [-0.3, -0.25) is 0 Å². The molecule has 0 unspecified atom stereocenters. The molecular weight excluding hydrogens is 188 g/mol. The molecule has 2 heterocycles. The van der Waals surface area contributed by atoms with Gasteiger partial charge in [-0.15, -0.1) is 0 Å². The second-order valence-corrected chi connectivity index (χ2v) is 3.49. The summed E-state index contributed by atoms with van der Waals surface area (Å²) in [5.74, 6) is 0.802. The largest absolute Gasteiger partial charge is 0.361 e. The molecule has 3 aromatic rings. The highest BCUT2D eigenvalue weighted by molar-refractivity contribution is 6.03. The van der Waals surface area contributed by atoms with Crippen LogP contribution in [0, 0.1) is 0 Å². The van der Waals surface area contributed by atoms with Crippen LogP contribution in [0.15, 0.2) is 30.6 Å². The van der Waals surface area contributed by atoms with Crippen LogP contribution < -0.4 is 10.7 Å². The first-order valence-corrected chi connectivity index (χ1v) is 4.86. The minimum absolute atomic E-state index is 0.427. The molecule has 0 fully saturated rings. The van der Waals surface area contributed by atoms with Gasteiger partial charge in [0.05, 0.1) is 23.5 Å². The van der Waals surface area contributed by atoms with Gasteiger partial charge >= 0.3 is 5.82 Å². The predicted molar refractivity (Wildman–Crippen MR) is 58.0 cm³/mol. The van der Waals surface area contributed by atoms with Crippen LogP contribution in [0.1, 0.15) is 5.82 Å². The number of fused-ring (bicyclic) bond motifs is 3. The summed E-state index contributed by atoms with van der Waals surface area (Å²) in [6.07, 6.45) is 3.86. The molecule has 15 heavy (non-hydrogen) atoms. The number of H-pyrrole nitrogens is 2. The lowest BCUT2D eigenvalue weighted by Crippen LogP contribution is -2.16. The summed E-state index contributed by atoms with van der Waals surface area (Å²) in [6, 6.07) is 6.12. The van der Waals surface area contributed by atoms with E-state index < -0.39 is 0 Å². The number of nitrogens with one attached hydrogen (secondary N) is 2. The zero-order valence-electron chi connectivity index (χ0n) is 8.12. The van der Waals surface area contributed by atoms with Gasteiger partial charge in [0, 0.05) is 11.7 Å². The number of hydrogen-bond acceptors (Lipinski definition) is 2. The first kappa shape index (κ1) is 8.38. The molecule has 0 atom stereocenters. The SMILES string of the molecule is NCc1nc2c(ccc3[nH]ccc32)c[nH+]1. The summed E-state index contributed by atoms with van der Waals surface area (Å²) in [5, 5.41) is 2.23. The Morgan fingerprint density at radius 1 is 1.33 bits per heavy atom. The third-order valence-electron chi connectivity index (χ3n) is 2.57.